The van der Waals surface area contributed by atoms with E-state index < -0.39 is 24.3 Å². The third kappa shape index (κ3) is 4.06. The molecular formula is C22H32F3N5O2. The molecule has 7 atom stereocenters. The van der Waals surface area contributed by atoms with Gasteiger partial charge in [-0.2, -0.15) is 18.3 Å². The van der Waals surface area contributed by atoms with Crippen molar-refractivity contribution in [2.45, 2.75) is 76.5 Å². The van der Waals surface area contributed by atoms with Crippen LogP contribution in [0.25, 0.3) is 0 Å². The molecule has 32 heavy (non-hydrogen) atoms. The molecule has 4 rings (SSSR count). The maximum atomic E-state index is 13.5. The van der Waals surface area contributed by atoms with Crippen LogP contribution in [0.15, 0.2) is 15.1 Å². The third-order valence-electron chi connectivity index (χ3n) is 7.36. The molecule has 1 saturated heterocycles. The number of fused-ring (bicyclic) bond motifs is 1. The number of ether oxygens (including phenoxy) is 1. The Morgan fingerprint density at radius 2 is 1.94 bits per heavy atom. The van der Waals surface area contributed by atoms with E-state index in [1.807, 2.05) is 27.0 Å². The molecule has 0 bridgehead atoms. The standard InChI is InChI=1S/C22H32F3N5O2/c1-12-6-16(14-7-17(32-5)13(2)26-8-14)28-19-18(12)20(31)30(21(19,3)4)15-9-27-29(10-15)11-22(23,24)25/h8-9,12-18H,6-7,10-11H2,1-5H3. The Morgan fingerprint density at radius 1 is 1.22 bits per heavy atom. The zero-order valence-electron chi connectivity index (χ0n) is 19.2. The predicted molar refractivity (Wildman–Crippen MR) is 116 cm³/mol. The molecule has 1 amide bonds. The quantitative estimate of drug-likeness (QED) is 0.655. The van der Waals surface area contributed by atoms with Crippen LogP contribution in [0.1, 0.15) is 40.5 Å². The summed E-state index contributed by atoms with van der Waals surface area (Å²) in [6.07, 6.45) is 0.758. The van der Waals surface area contributed by atoms with Crippen molar-refractivity contribution in [2.75, 3.05) is 20.2 Å². The van der Waals surface area contributed by atoms with Crippen LogP contribution in [0, 0.1) is 17.8 Å². The zero-order chi connectivity index (χ0) is 23.4. The average Bonchev–Trinajstić information content (AvgIpc) is 3.20. The molecule has 178 valence electrons. The van der Waals surface area contributed by atoms with Crippen LogP contribution in [0.4, 0.5) is 13.2 Å². The number of aliphatic imine (C=N–C) groups is 2. The fourth-order valence-electron chi connectivity index (χ4n) is 5.75. The fraction of sp³-hybridized carbons (Fsp3) is 0.818. The molecule has 1 fully saturated rings. The highest BCUT2D eigenvalue weighted by Gasteiger charge is 2.57. The van der Waals surface area contributed by atoms with Gasteiger partial charge in [-0.3, -0.25) is 19.8 Å². The van der Waals surface area contributed by atoms with E-state index >= 15 is 0 Å². The molecular weight excluding hydrogens is 423 g/mol. The first-order valence-corrected chi connectivity index (χ1v) is 11.3. The number of rotatable bonds is 4. The summed E-state index contributed by atoms with van der Waals surface area (Å²) in [6.45, 7) is 6.90. The van der Waals surface area contributed by atoms with Crippen LogP contribution in [0.3, 0.4) is 0 Å². The first kappa shape index (κ1) is 23.2. The summed E-state index contributed by atoms with van der Waals surface area (Å²) >= 11 is 0. The van der Waals surface area contributed by atoms with Crippen LogP contribution in [0.2, 0.25) is 0 Å². The van der Waals surface area contributed by atoms with Crippen molar-refractivity contribution in [3.63, 3.8) is 0 Å². The molecule has 7 unspecified atom stereocenters. The molecule has 0 saturated carbocycles. The fourth-order valence-corrected chi connectivity index (χ4v) is 5.75. The maximum absolute atomic E-state index is 13.5. The number of nitrogens with zero attached hydrogens (tertiary/aromatic N) is 5. The molecule has 0 aromatic rings. The lowest BCUT2D eigenvalue weighted by Gasteiger charge is -2.38. The topological polar surface area (TPSA) is 69.9 Å². The highest BCUT2D eigenvalue weighted by molar-refractivity contribution is 6.16. The van der Waals surface area contributed by atoms with Crippen molar-refractivity contribution in [1.29, 1.82) is 0 Å². The Hall–Kier alpha value is -1.97. The van der Waals surface area contributed by atoms with Crippen LogP contribution in [-0.2, 0) is 9.53 Å². The number of carbonyl (C=O) groups is 1. The van der Waals surface area contributed by atoms with Crippen molar-refractivity contribution in [3.8, 4) is 0 Å². The minimum absolute atomic E-state index is 0.0103. The number of hydrazone groups is 1. The minimum atomic E-state index is -4.34. The predicted octanol–water partition coefficient (Wildman–Crippen LogP) is 2.80. The average molecular weight is 456 g/mol. The second-order valence-electron chi connectivity index (χ2n) is 10.0. The van der Waals surface area contributed by atoms with Gasteiger partial charge in [0.05, 0.1) is 47.9 Å². The van der Waals surface area contributed by atoms with Gasteiger partial charge >= 0.3 is 6.18 Å². The maximum Gasteiger partial charge on any atom is 0.407 e. The summed E-state index contributed by atoms with van der Waals surface area (Å²) in [5.41, 5.74) is 0.134. The van der Waals surface area contributed by atoms with Crippen molar-refractivity contribution in [2.24, 2.45) is 32.8 Å². The highest BCUT2D eigenvalue weighted by atomic mass is 19.4. The summed E-state index contributed by atoms with van der Waals surface area (Å²) in [5, 5.41) is 4.90. The Labute approximate surface area is 186 Å². The first-order valence-electron chi connectivity index (χ1n) is 11.3. The highest BCUT2D eigenvalue weighted by Crippen LogP contribution is 2.44. The van der Waals surface area contributed by atoms with E-state index in [-0.39, 0.29) is 48.4 Å². The molecule has 0 radical (unpaired) electrons. The number of hydrogen-bond acceptors (Lipinski definition) is 6. The summed E-state index contributed by atoms with van der Waals surface area (Å²) in [7, 11) is 1.70. The van der Waals surface area contributed by atoms with Gasteiger partial charge < -0.3 is 9.64 Å². The monoisotopic (exact) mass is 455 g/mol. The van der Waals surface area contributed by atoms with Gasteiger partial charge in [-0.1, -0.05) is 6.92 Å². The van der Waals surface area contributed by atoms with E-state index in [1.165, 1.54) is 6.21 Å². The van der Waals surface area contributed by atoms with E-state index in [4.69, 9.17) is 9.73 Å². The summed E-state index contributed by atoms with van der Waals surface area (Å²) in [6, 6.07) is -0.385. The van der Waals surface area contributed by atoms with Gasteiger partial charge in [0, 0.05) is 25.5 Å². The van der Waals surface area contributed by atoms with Gasteiger partial charge in [0.15, 0.2) is 0 Å². The third-order valence-corrected chi connectivity index (χ3v) is 7.36. The van der Waals surface area contributed by atoms with E-state index in [2.05, 4.69) is 17.0 Å². The lowest BCUT2D eigenvalue weighted by Crippen LogP contribution is -2.53. The second kappa shape index (κ2) is 8.11. The van der Waals surface area contributed by atoms with Crippen LogP contribution >= 0.6 is 0 Å². The molecule has 10 heteroatoms. The zero-order valence-corrected chi connectivity index (χ0v) is 19.2. The van der Waals surface area contributed by atoms with Crippen LogP contribution in [0.5, 0.6) is 0 Å². The number of carbonyl (C=O) groups excluding carboxylic acids is 1. The molecule has 7 nitrogen and oxygen atoms in total. The van der Waals surface area contributed by atoms with Gasteiger partial charge in [-0.25, -0.2) is 0 Å². The van der Waals surface area contributed by atoms with Gasteiger partial charge in [0.25, 0.3) is 0 Å². The summed E-state index contributed by atoms with van der Waals surface area (Å²) < 4.78 is 44.0. The van der Waals surface area contributed by atoms with Crippen molar-refractivity contribution < 1.29 is 22.7 Å². The van der Waals surface area contributed by atoms with E-state index in [0.29, 0.717) is 0 Å². The number of amides is 1. The van der Waals surface area contributed by atoms with Crippen LogP contribution in [-0.4, -0.2) is 90.1 Å². The summed E-state index contributed by atoms with van der Waals surface area (Å²) in [4.78, 5) is 24.9. The van der Waals surface area contributed by atoms with Gasteiger partial charge in [-0.15, -0.1) is 0 Å². The van der Waals surface area contributed by atoms with Crippen molar-refractivity contribution >= 4 is 24.0 Å². The number of halogens is 3. The lowest BCUT2D eigenvalue weighted by molar-refractivity contribution is -0.146. The van der Waals surface area contributed by atoms with E-state index in [0.717, 1.165) is 23.6 Å². The molecule has 0 N–H and O–H groups in total. The smallest absolute Gasteiger partial charge is 0.379 e. The number of hydrogen-bond donors (Lipinski definition) is 0. The summed E-state index contributed by atoms with van der Waals surface area (Å²) in [5.74, 6) is -0.181. The van der Waals surface area contributed by atoms with Gasteiger partial charge in [-0.05, 0) is 39.5 Å². The van der Waals surface area contributed by atoms with Gasteiger partial charge in [0.2, 0.25) is 5.91 Å². The normalized spacial score (nSPS) is 38.9. The SMILES string of the molecule is COC1CC(C2CC(C)C3C(=O)N(C4C=NN(CC(F)(F)F)C4)C(C)(C)C3=N2)C=NC1C. The number of alkyl halides is 3. The molecule has 0 aliphatic carbocycles. The first-order chi connectivity index (χ1) is 14.9. The van der Waals surface area contributed by atoms with Crippen molar-refractivity contribution in [1.82, 2.24) is 9.91 Å². The number of methoxy groups -OCH3 is 1. The molecule has 4 aliphatic heterocycles. The lowest BCUT2D eigenvalue weighted by atomic mass is 9.75. The Balaban J connectivity index is 1.57. The molecule has 0 spiro atoms. The Morgan fingerprint density at radius 3 is 2.59 bits per heavy atom. The molecule has 0 aromatic carbocycles. The van der Waals surface area contributed by atoms with Crippen LogP contribution < -0.4 is 0 Å². The van der Waals surface area contributed by atoms with Crippen molar-refractivity contribution in [3.05, 3.63) is 0 Å². The van der Waals surface area contributed by atoms with E-state index in [9.17, 15) is 18.0 Å². The molecule has 4 heterocycles. The van der Waals surface area contributed by atoms with E-state index in [1.54, 1.807) is 12.0 Å². The number of likely N-dealkylation sites (tertiary alicyclic amines) is 1. The largest absolute Gasteiger partial charge is 0.407 e. The van der Waals surface area contributed by atoms with Gasteiger partial charge in [0.1, 0.15) is 6.54 Å². The Kier molecular flexibility index (Phi) is 5.88. The Bertz CT molecular complexity index is 840. The minimum Gasteiger partial charge on any atom is -0.379 e. The second-order valence-corrected chi connectivity index (χ2v) is 10.0. The molecule has 0 aromatic heterocycles. The molecule has 4 aliphatic rings.